The van der Waals surface area contributed by atoms with E-state index in [9.17, 15) is 10.1 Å². The summed E-state index contributed by atoms with van der Waals surface area (Å²) in [7, 11) is 3.22. The maximum atomic E-state index is 12.1. The molecule has 8 heteroatoms. The maximum Gasteiger partial charge on any atom is 0.318 e. The molecule has 0 bridgehead atoms. The summed E-state index contributed by atoms with van der Waals surface area (Å²) in [5.74, 6) is 0.356. The molecule has 7 nitrogen and oxygen atoms in total. The molecule has 1 aromatic carbocycles. The number of nitro groups is 1. The number of halogens is 1. The molecule has 0 aliphatic carbocycles. The summed E-state index contributed by atoms with van der Waals surface area (Å²) in [6.07, 6.45) is 0. The minimum Gasteiger partial charge on any atom is -0.383 e. The van der Waals surface area contributed by atoms with Crippen molar-refractivity contribution in [3.05, 3.63) is 50.1 Å². The van der Waals surface area contributed by atoms with E-state index in [1.807, 2.05) is 30.0 Å². The van der Waals surface area contributed by atoms with Crippen LogP contribution in [0.15, 0.2) is 28.7 Å². The van der Waals surface area contributed by atoms with Crippen molar-refractivity contribution in [1.82, 2.24) is 4.98 Å². The Morgan fingerprint density at radius 3 is 2.28 bits per heavy atom. The van der Waals surface area contributed by atoms with E-state index in [1.165, 1.54) is 0 Å². The average Bonchev–Trinajstić information content (AvgIpc) is 2.67. The molecule has 0 saturated heterocycles. The number of hydrogen-bond donors (Lipinski definition) is 0. The molecule has 0 aliphatic rings. The first-order valence-corrected chi connectivity index (χ1v) is 10.3. The van der Waals surface area contributed by atoms with Crippen LogP contribution in [0.25, 0.3) is 11.3 Å². The van der Waals surface area contributed by atoms with Crippen molar-refractivity contribution in [3.8, 4) is 11.3 Å². The van der Waals surface area contributed by atoms with Crippen LogP contribution in [0.5, 0.6) is 0 Å². The predicted molar refractivity (Wildman–Crippen MR) is 119 cm³/mol. The molecule has 1 heterocycles. The number of aromatic nitrogens is 1. The monoisotopic (exact) mass is 465 g/mol. The third-order valence-corrected chi connectivity index (χ3v) is 5.33. The normalized spacial score (nSPS) is 11.1. The fourth-order valence-electron chi connectivity index (χ4n) is 3.10. The standard InChI is InChI=1S/C21H28BrN3O4/c1-14(2)16-6-7-17(18(22)13-16)20-21(25(26)27)19(12-15(3)23-20)24(8-10-28-4)9-11-29-5/h6-7,12-14H,8-11H2,1-5H3. The zero-order valence-electron chi connectivity index (χ0n) is 17.6. The molecule has 0 amide bonds. The zero-order valence-corrected chi connectivity index (χ0v) is 19.2. The van der Waals surface area contributed by atoms with Gasteiger partial charge in [0.2, 0.25) is 0 Å². The van der Waals surface area contributed by atoms with Crippen LogP contribution < -0.4 is 4.90 Å². The van der Waals surface area contributed by atoms with E-state index in [2.05, 4.69) is 34.8 Å². The molecule has 2 rings (SSSR count). The molecule has 1 aromatic heterocycles. The summed E-state index contributed by atoms with van der Waals surface area (Å²) in [6, 6.07) is 7.64. The van der Waals surface area contributed by atoms with Crippen LogP contribution in [0.4, 0.5) is 11.4 Å². The number of methoxy groups -OCH3 is 2. The van der Waals surface area contributed by atoms with E-state index in [1.54, 1.807) is 20.3 Å². The lowest BCUT2D eigenvalue weighted by molar-refractivity contribution is -0.383. The topological polar surface area (TPSA) is 77.7 Å². The summed E-state index contributed by atoms with van der Waals surface area (Å²) in [5.41, 5.74) is 3.42. The van der Waals surface area contributed by atoms with Gasteiger partial charge in [-0.25, -0.2) is 4.98 Å². The van der Waals surface area contributed by atoms with Crippen LogP contribution in [0.2, 0.25) is 0 Å². The lowest BCUT2D eigenvalue weighted by atomic mass is 9.99. The van der Waals surface area contributed by atoms with Crippen molar-refractivity contribution in [3.63, 3.8) is 0 Å². The number of aryl methyl sites for hydroxylation is 1. The minimum atomic E-state index is -0.355. The van der Waals surface area contributed by atoms with Gasteiger partial charge < -0.3 is 14.4 Å². The van der Waals surface area contributed by atoms with Crippen LogP contribution in [0.1, 0.15) is 31.0 Å². The smallest absolute Gasteiger partial charge is 0.318 e. The minimum absolute atomic E-state index is 0.0131. The molecule has 0 unspecified atom stereocenters. The third-order valence-electron chi connectivity index (χ3n) is 4.67. The van der Waals surface area contributed by atoms with E-state index in [-0.39, 0.29) is 10.6 Å². The Balaban J connectivity index is 2.66. The van der Waals surface area contributed by atoms with Gasteiger partial charge in [-0.2, -0.15) is 0 Å². The number of anilines is 1. The molecular formula is C21H28BrN3O4. The first-order chi connectivity index (χ1) is 13.8. The first kappa shape index (κ1) is 23.3. The molecule has 2 aromatic rings. The number of pyridine rings is 1. The van der Waals surface area contributed by atoms with Gasteiger partial charge in [0.1, 0.15) is 5.69 Å². The molecule has 0 fully saturated rings. The SMILES string of the molecule is COCCN(CCOC)c1cc(C)nc(-c2ccc(C(C)C)cc2Br)c1[N+](=O)[O-]. The summed E-state index contributed by atoms with van der Waals surface area (Å²) >= 11 is 3.59. The Bertz CT molecular complexity index is 850. The number of nitrogens with zero attached hydrogens (tertiary/aromatic N) is 3. The molecule has 29 heavy (non-hydrogen) atoms. The van der Waals surface area contributed by atoms with Crippen molar-refractivity contribution >= 4 is 27.3 Å². The highest BCUT2D eigenvalue weighted by molar-refractivity contribution is 9.10. The van der Waals surface area contributed by atoms with Gasteiger partial charge in [0.25, 0.3) is 0 Å². The van der Waals surface area contributed by atoms with Crippen LogP contribution in [0, 0.1) is 17.0 Å². The second-order valence-electron chi connectivity index (χ2n) is 7.10. The second kappa shape index (κ2) is 10.7. The Morgan fingerprint density at radius 1 is 1.17 bits per heavy atom. The van der Waals surface area contributed by atoms with Gasteiger partial charge >= 0.3 is 5.69 Å². The van der Waals surface area contributed by atoms with Gasteiger partial charge in [0, 0.05) is 43.0 Å². The van der Waals surface area contributed by atoms with Crippen molar-refractivity contribution in [2.45, 2.75) is 26.7 Å². The molecule has 0 radical (unpaired) electrons. The van der Waals surface area contributed by atoms with Crippen LogP contribution in [-0.4, -0.2) is 50.4 Å². The molecule has 158 valence electrons. The molecule has 0 aliphatic heterocycles. The Morgan fingerprint density at radius 2 is 1.79 bits per heavy atom. The molecule has 0 N–H and O–H groups in total. The zero-order chi connectivity index (χ0) is 21.6. The Hall–Kier alpha value is -2.03. The van der Waals surface area contributed by atoms with Crippen molar-refractivity contribution in [2.75, 3.05) is 45.4 Å². The number of ether oxygens (including phenoxy) is 2. The van der Waals surface area contributed by atoms with Crippen LogP contribution in [-0.2, 0) is 9.47 Å². The number of rotatable bonds is 10. The third kappa shape index (κ3) is 5.74. The summed E-state index contributed by atoms with van der Waals surface area (Å²) in [5, 5.41) is 12.1. The summed E-state index contributed by atoms with van der Waals surface area (Å²) < 4.78 is 11.2. The van der Waals surface area contributed by atoms with E-state index < -0.39 is 0 Å². The van der Waals surface area contributed by atoms with Gasteiger partial charge in [-0.1, -0.05) is 41.9 Å². The van der Waals surface area contributed by atoms with E-state index in [0.717, 1.165) is 10.0 Å². The highest BCUT2D eigenvalue weighted by Gasteiger charge is 2.28. The number of hydrogen-bond acceptors (Lipinski definition) is 6. The van der Waals surface area contributed by atoms with E-state index in [4.69, 9.17) is 9.47 Å². The maximum absolute atomic E-state index is 12.1. The summed E-state index contributed by atoms with van der Waals surface area (Å²) in [6.45, 7) is 7.98. The van der Waals surface area contributed by atoms with Gasteiger partial charge in [0.05, 0.1) is 18.1 Å². The first-order valence-electron chi connectivity index (χ1n) is 9.48. The van der Waals surface area contributed by atoms with Crippen molar-refractivity contribution in [2.24, 2.45) is 0 Å². The summed E-state index contributed by atoms with van der Waals surface area (Å²) in [4.78, 5) is 18.2. The van der Waals surface area contributed by atoms with Crippen LogP contribution in [0.3, 0.4) is 0 Å². The molecule has 0 saturated carbocycles. The molecule has 0 atom stereocenters. The fourth-order valence-corrected chi connectivity index (χ4v) is 3.68. The van der Waals surface area contributed by atoms with Gasteiger partial charge in [-0.15, -0.1) is 0 Å². The van der Waals surface area contributed by atoms with Crippen molar-refractivity contribution in [1.29, 1.82) is 0 Å². The largest absolute Gasteiger partial charge is 0.383 e. The quantitative estimate of drug-likeness (QED) is 0.364. The predicted octanol–water partition coefficient (Wildman–Crippen LogP) is 4.95. The lowest BCUT2D eigenvalue weighted by Crippen LogP contribution is -2.31. The lowest BCUT2D eigenvalue weighted by Gasteiger charge is -2.25. The Labute approximate surface area is 180 Å². The average molecular weight is 466 g/mol. The highest BCUT2D eigenvalue weighted by Crippen LogP contribution is 2.40. The van der Waals surface area contributed by atoms with E-state index in [0.29, 0.717) is 54.9 Å². The van der Waals surface area contributed by atoms with E-state index >= 15 is 0 Å². The Kier molecular flexibility index (Phi) is 8.55. The number of benzene rings is 1. The van der Waals surface area contributed by atoms with Gasteiger partial charge in [0.15, 0.2) is 5.69 Å². The van der Waals surface area contributed by atoms with Crippen molar-refractivity contribution < 1.29 is 14.4 Å². The van der Waals surface area contributed by atoms with Gasteiger partial charge in [-0.3, -0.25) is 10.1 Å². The molecule has 0 spiro atoms. The van der Waals surface area contributed by atoms with Crippen LogP contribution >= 0.6 is 15.9 Å². The molecular weight excluding hydrogens is 438 g/mol. The fraction of sp³-hybridized carbons (Fsp3) is 0.476. The highest BCUT2D eigenvalue weighted by atomic mass is 79.9. The second-order valence-corrected chi connectivity index (χ2v) is 7.96. The van der Waals surface area contributed by atoms with Gasteiger partial charge in [-0.05, 0) is 30.5 Å².